The number of rotatable bonds is 4. The zero-order valence-electron chi connectivity index (χ0n) is 6.70. The van der Waals surface area contributed by atoms with Gasteiger partial charge in [0.05, 0.1) is 6.42 Å². The van der Waals surface area contributed by atoms with Crippen molar-refractivity contribution in [2.45, 2.75) is 12.8 Å². The highest BCUT2D eigenvalue weighted by Gasteiger charge is 2.01. The summed E-state index contributed by atoms with van der Waals surface area (Å²) in [5.74, 6) is -2.62. The second-order valence-corrected chi connectivity index (χ2v) is 2.69. The van der Waals surface area contributed by atoms with Gasteiger partial charge >= 0.3 is 11.9 Å². The number of hydrogen-bond acceptors (Lipinski definition) is 4. The van der Waals surface area contributed by atoms with Crippen molar-refractivity contribution >= 4 is 45.6 Å². The summed E-state index contributed by atoms with van der Waals surface area (Å²) in [6.45, 7) is 0. The summed E-state index contributed by atoms with van der Waals surface area (Å²) in [4.78, 5) is 38.3. The molecular weight excluding hydrogens is 239 g/mol. The van der Waals surface area contributed by atoms with E-state index in [0.29, 0.717) is 0 Å². The minimum Gasteiger partial charge on any atom is -0.481 e. The number of carboxylic acids is 2. The van der Waals surface area contributed by atoms with E-state index >= 15 is 0 Å². The Balaban J connectivity index is 0. The summed E-state index contributed by atoms with van der Waals surface area (Å²) in [7, 11) is 0. The molecule has 0 aromatic rings. The number of carboxylic acid groups (broad SMARTS) is 2. The Labute approximate surface area is 88.4 Å². The van der Waals surface area contributed by atoms with Crippen molar-refractivity contribution in [3.05, 3.63) is 0 Å². The van der Waals surface area contributed by atoms with E-state index in [2.05, 4.69) is 0 Å². The summed E-state index contributed by atoms with van der Waals surface area (Å²) < 4.78 is 0. The SMILES string of the molecule is O=C(Cl)CC(=O)Cl.O=C(O)CC(=O)O. The highest BCUT2D eigenvalue weighted by molar-refractivity contribution is 6.72. The van der Waals surface area contributed by atoms with Gasteiger partial charge < -0.3 is 10.2 Å². The molecule has 0 spiro atoms. The van der Waals surface area contributed by atoms with Gasteiger partial charge in [0.25, 0.3) is 0 Å². The first-order valence-electron chi connectivity index (χ1n) is 3.06. The Morgan fingerprint density at radius 2 is 1.07 bits per heavy atom. The van der Waals surface area contributed by atoms with Gasteiger partial charge in [-0.05, 0) is 23.2 Å². The molecule has 0 fully saturated rings. The third-order valence-electron chi connectivity index (χ3n) is 0.580. The molecule has 6 nitrogen and oxygen atoms in total. The molecule has 0 unspecified atom stereocenters. The first-order chi connectivity index (χ1) is 6.25. The molecule has 0 saturated heterocycles. The van der Waals surface area contributed by atoms with Crippen LogP contribution in [-0.2, 0) is 19.2 Å². The minimum atomic E-state index is -1.31. The van der Waals surface area contributed by atoms with E-state index in [-0.39, 0.29) is 6.42 Å². The van der Waals surface area contributed by atoms with E-state index < -0.39 is 28.8 Å². The van der Waals surface area contributed by atoms with Crippen molar-refractivity contribution in [3.63, 3.8) is 0 Å². The van der Waals surface area contributed by atoms with Crippen LogP contribution in [0.5, 0.6) is 0 Å². The predicted octanol–water partition coefficient (Wildman–Crippen LogP) is 0.453. The van der Waals surface area contributed by atoms with Crippen LogP contribution in [0.3, 0.4) is 0 Å². The molecule has 2 N–H and O–H groups in total. The molecule has 0 bridgehead atoms. The Morgan fingerprint density at radius 3 is 1.07 bits per heavy atom. The van der Waals surface area contributed by atoms with Gasteiger partial charge in [-0.3, -0.25) is 19.2 Å². The largest absolute Gasteiger partial charge is 0.481 e. The molecule has 0 aromatic heterocycles. The second-order valence-electron chi connectivity index (χ2n) is 1.85. The van der Waals surface area contributed by atoms with Crippen LogP contribution in [0, 0.1) is 0 Å². The normalized spacial score (nSPS) is 8.14. The number of hydrogen-bond donors (Lipinski definition) is 2. The maximum absolute atomic E-state index is 9.71. The molecule has 0 atom stereocenters. The van der Waals surface area contributed by atoms with Gasteiger partial charge in [-0.15, -0.1) is 0 Å². The maximum Gasteiger partial charge on any atom is 0.314 e. The fraction of sp³-hybridized carbons (Fsp3) is 0.333. The first-order valence-corrected chi connectivity index (χ1v) is 3.81. The van der Waals surface area contributed by atoms with Crippen molar-refractivity contribution in [3.8, 4) is 0 Å². The molecule has 0 heterocycles. The Bertz CT molecular complexity index is 199. The average molecular weight is 245 g/mol. The molecule has 0 aromatic carbocycles. The quantitative estimate of drug-likeness (QED) is 0.549. The van der Waals surface area contributed by atoms with Crippen LogP contribution in [-0.4, -0.2) is 32.6 Å². The fourth-order valence-corrected chi connectivity index (χ4v) is 0.550. The van der Waals surface area contributed by atoms with Crippen molar-refractivity contribution < 1.29 is 29.4 Å². The lowest BCUT2D eigenvalue weighted by molar-refractivity contribution is -0.147. The van der Waals surface area contributed by atoms with Crippen LogP contribution in [0.2, 0.25) is 0 Å². The van der Waals surface area contributed by atoms with E-state index in [1.165, 1.54) is 0 Å². The summed E-state index contributed by atoms with van der Waals surface area (Å²) in [6.07, 6.45) is -1.19. The number of halogens is 2. The standard InChI is InChI=1S/C3H2Cl2O2.C3H4O4/c4-2(6)1-3(5)7;4-2(5)1-3(6)7/h1H2;1H2,(H,4,5)(H,6,7). The topological polar surface area (TPSA) is 109 Å². The Hall–Kier alpha value is -1.14. The zero-order valence-corrected chi connectivity index (χ0v) is 8.21. The summed E-state index contributed by atoms with van der Waals surface area (Å²) in [5.41, 5.74) is 0. The lowest BCUT2D eigenvalue weighted by atomic mass is 10.5. The van der Waals surface area contributed by atoms with Crippen LogP contribution < -0.4 is 0 Å². The second kappa shape index (κ2) is 8.46. The summed E-state index contributed by atoms with van der Waals surface area (Å²) >= 11 is 9.46. The van der Waals surface area contributed by atoms with Gasteiger partial charge in [0, 0.05) is 0 Å². The smallest absolute Gasteiger partial charge is 0.314 e. The Morgan fingerprint density at radius 1 is 0.786 bits per heavy atom. The number of aliphatic carboxylic acids is 2. The molecule has 0 radical (unpaired) electrons. The lowest BCUT2D eigenvalue weighted by Gasteiger charge is -1.80. The number of carbonyl (C=O) groups excluding carboxylic acids is 2. The molecular formula is C6H6Cl2O6. The van der Waals surface area contributed by atoms with Crippen LogP contribution in [0.1, 0.15) is 12.8 Å². The van der Waals surface area contributed by atoms with Crippen molar-refractivity contribution in [2.75, 3.05) is 0 Å². The molecule has 0 saturated carbocycles. The molecule has 14 heavy (non-hydrogen) atoms. The predicted molar refractivity (Wildman–Crippen MR) is 46.2 cm³/mol. The van der Waals surface area contributed by atoms with E-state index in [1.807, 2.05) is 0 Å². The first kappa shape index (κ1) is 15.3. The summed E-state index contributed by atoms with van der Waals surface area (Å²) in [6, 6.07) is 0. The monoisotopic (exact) mass is 244 g/mol. The molecule has 0 aliphatic heterocycles. The molecule has 0 amide bonds. The van der Waals surface area contributed by atoms with Crippen molar-refractivity contribution in [1.82, 2.24) is 0 Å². The van der Waals surface area contributed by atoms with E-state index in [4.69, 9.17) is 33.4 Å². The minimum absolute atomic E-state index is 0.386. The third-order valence-corrected chi connectivity index (χ3v) is 0.848. The van der Waals surface area contributed by atoms with E-state index in [0.717, 1.165) is 0 Å². The van der Waals surface area contributed by atoms with Crippen LogP contribution in [0.4, 0.5) is 0 Å². The maximum atomic E-state index is 9.71. The van der Waals surface area contributed by atoms with Gasteiger partial charge in [-0.2, -0.15) is 0 Å². The van der Waals surface area contributed by atoms with E-state index in [1.54, 1.807) is 0 Å². The van der Waals surface area contributed by atoms with E-state index in [9.17, 15) is 19.2 Å². The van der Waals surface area contributed by atoms with Crippen LogP contribution in [0.15, 0.2) is 0 Å². The number of carbonyl (C=O) groups is 4. The Kier molecular flexibility index (Phi) is 9.27. The van der Waals surface area contributed by atoms with Gasteiger partial charge in [-0.1, -0.05) is 0 Å². The molecule has 0 rings (SSSR count). The van der Waals surface area contributed by atoms with Crippen LogP contribution in [0.25, 0.3) is 0 Å². The van der Waals surface area contributed by atoms with Gasteiger partial charge in [-0.25, -0.2) is 0 Å². The van der Waals surface area contributed by atoms with Gasteiger partial charge in [0.15, 0.2) is 0 Å². The highest BCUT2D eigenvalue weighted by atomic mass is 35.5. The highest BCUT2D eigenvalue weighted by Crippen LogP contribution is 1.92. The van der Waals surface area contributed by atoms with Gasteiger partial charge in [0.1, 0.15) is 6.42 Å². The fourth-order valence-electron chi connectivity index (χ4n) is 0.239. The molecule has 0 aliphatic carbocycles. The zero-order chi connectivity index (χ0) is 11.7. The lowest BCUT2D eigenvalue weighted by Crippen LogP contribution is -2.03. The van der Waals surface area contributed by atoms with Crippen molar-refractivity contribution in [1.29, 1.82) is 0 Å². The average Bonchev–Trinajstić information content (AvgIpc) is 1.79. The van der Waals surface area contributed by atoms with Crippen LogP contribution >= 0.6 is 23.2 Å². The summed E-state index contributed by atoms with van der Waals surface area (Å²) in [5, 5.41) is 14.0. The third kappa shape index (κ3) is 22.4. The molecule has 80 valence electrons. The van der Waals surface area contributed by atoms with Gasteiger partial charge in [0.2, 0.25) is 10.5 Å². The molecule has 0 aliphatic rings. The molecule has 8 heteroatoms. The van der Waals surface area contributed by atoms with Crippen molar-refractivity contribution in [2.24, 2.45) is 0 Å².